The third-order valence-corrected chi connectivity index (χ3v) is 6.05. The molecule has 1 fully saturated rings. The number of ether oxygens (including phenoxy) is 2. The first-order valence-corrected chi connectivity index (χ1v) is 10.2. The van der Waals surface area contributed by atoms with Crippen molar-refractivity contribution in [2.45, 2.75) is 11.2 Å². The Balaban J connectivity index is 1.62. The monoisotopic (exact) mass is 388 g/mol. The van der Waals surface area contributed by atoms with Crippen molar-refractivity contribution < 1.29 is 9.47 Å². The van der Waals surface area contributed by atoms with Crippen molar-refractivity contribution in [2.24, 2.45) is 5.10 Å². The van der Waals surface area contributed by atoms with Gasteiger partial charge in [0.2, 0.25) is 5.06 Å². The minimum absolute atomic E-state index is 0.166. The Bertz CT molecular complexity index is 962. The van der Waals surface area contributed by atoms with E-state index in [4.69, 9.17) is 14.6 Å². The Morgan fingerprint density at radius 2 is 1.54 bits per heavy atom. The van der Waals surface area contributed by atoms with Crippen LogP contribution in [0, 0.1) is 0 Å². The summed E-state index contributed by atoms with van der Waals surface area (Å²) in [6.45, 7) is 1.29. The van der Waals surface area contributed by atoms with Gasteiger partial charge in [-0.2, -0.15) is 5.10 Å². The Kier molecular flexibility index (Phi) is 4.64. The molecule has 1 saturated heterocycles. The molecule has 0 aromatic heterocycles. The second-order valence-electron chi connectivity index (χ2n) is 6.73. The smallest absolute Gasteiger partial charge is 0.242 e. The van der Waals surface area contributed by atoms with Gasteiger partial charge in [0.25, 0.3) is 0 Å². The minimum Gasteiger partial charge on any atom is -0.371 e. The first-order chi connectivity index (χ1) is 13.9. The molecule has 140 valence electrons. The number of thioether (sulfide) groups is 1. The highest BCUT2D eigenvalue weighted by Gasteiger charge is 2.49. The highest BCUT2D eigenvalue weighted by molar-refractivity contribution is 8.15. The highest BCUT2D eigenvalue weighted by Crippen LogP contribution is 2.50. The van der Waals surface area contributed by atoms with Crippen LogP contribution < -0.4 is 5.01 Å². The molecule has 28 heavy (non-hydrogen) atoms. The number of hydrogen-bond donors (Lipinski definition) is 0. The van der Waals surface area contributed by atoms with Crippen LogP contribution in [0.25, 0.3) is 0 Å². The molecule has 0 aliphatic carbocycles. The SMILES string of the molecule is c1ccc(C2=NN(c3ccccc3)C(OCC3CO3)(c3ccccc3)S2)cc1. The molecule has 2 aliphatic heterocycles. The van der Waals surface area contributed by atoms with Crippen molar-refractivity contribution in [1.82, 2.24) is 0 Å². The summed E-state index contributed by atoms with van der Waals surface area (Å²) in [4.78, 5) is 0. The summed E-state index contributed by atoms with van der Waals surface area (Å²) in [5.41, 5.74) is 3.12. The van der Waals surface area contributed by atoms with E-state index in [1.165, 1.54) is 0 Å². The predicted molar refractivity (Wildman–Crippen MR) is 113 cm³/mol. The standard InChI is InChI=1S/C23H20N2O2S/c1-4-10-18(11-5-1)22-24-25(20-14-8-3-9-15-20)23(28-22,27-17-21-16-26-21)19-12-6-2-7-13-19/h1-15,21H,16-17H2. The molecule has 2 unspecified atom stereocenters. The Labute approximate surface area is 168 Å². The van der Waals surface area contributed by atoms with E-state index in [1.807, 2.05) is 59.6 Å². The van der Waals surface area contributed by atoms with Crippen LogP contribution in [-0.2, 0) is 14.5 Å². The van der Waals surface area contributed by atoms with Gasteiger partial charge >= 0.3 is 0 Å². The van der Waals surface area contributed by atoms with E-state index in [9.17, 15) is 0 Å². The minimum atomic E-state index is -0.778. The van der Waals surface area contributed by atoms with Gasteiger partial charge in [-0.25, -0.2) is 5.01 Å². The van der Waals surface area contributed by atoms with Gasteiger partial charge < -0.3 is 9.47 Å². The zero-order chi connectivity index (χ0) is 18.8. The molecule has 0 radical (unpaired) electrons. The lowest BCUT2D eigenvalue weighted by Crippen LogP contribution is -2.41. The van der Waals surface area contributed by atoms with Gasteiger partial charge in [0.05, 0.1) is 18.9 Å². The topological polar surface area (TPSA) is 37.4 Å². The zero-order valence-corrected chi connectivity index (χ0v) is 16.1. The van der Waals surface area contributed by atoms with Crippen LogP contribution in [0.2, 0.25) is 0 Å². The first kappa shape index (κ1) is 17.5. The second kappa shape index (κ2) is 7.43. The number of rotatable bonds is 6. The lowest BCUT2D eigenvalue weighted by Gasteiger charge is -2.36. The van der Waals surface area contributed by atoms with E-state index >= 15 is 0 Å². The summed E-state index contributed by atoms with van der Waals surface area (Å²) in [5, 5.41) is 7.16. The predicted octanol–water partition coefficient (Wildman–Crippen LogP) is 4.83. The normalized spacial score (nSPS) is 23.5. The van der Waals surface area contributed by atoms with Gasteiger partial charge in [-0.1, -0.05) is 78.9 Å². The lowest BCUT2D eigenvalue weighted by molar-refractivity contribution is 0.0141. The van der Waals surface area contributed by atoms with Gasteiger partial charge in [-0.3, -0.25) is 0 Å². The maximum Gasteiger partial charge on any atom is 0.242 e. The Hall–Kier alpha value is -2.60. The van der Waals surface area contributed by atoms with E-state index in [0.717, 1.165) is 28.5 Å². The number of benzene rings is 3. The molecule has 0 spiro atoms. The van der Waals surface area contributed by atoms with E-state index in [2.05, 4.69) is 36.4 Å². The number of para-hydroxylation sites is 1. The summed E-state index contributed by atoms with van der Waals surface area (Å²) in [6.07, 6.45) is 0.166. The van der Waals surface area contributed by atoms with Crippen molar-refractivity contribution in [3.63, 3.8) is 0 Å². The van der Waals surface area contributed by atoms with E-state index in [-0.39, 0.29) is 6.10 Å². The van der Waals surface area contributed by atoms with Crippen molar-refractivity contribution in [2.75, 3.05) is 18.2 Å². The fraction of sp³-hybridized carbons (Fsp3) is 0.174. The second-order valence-corrected chi connectivity index (χ2v) is 7.88. The number of hydrogen-bond acceptors (Lipinski definition) is 5. The molecule has 2 heterocycles. The lowest BCUT2D eigenvalue weighted by atomic mass is 10.1. The molecule has 0 saturated carbocycles. The van der Waals surface area contributed by atoms with Gasteiger partial charge in [0.15, 0.2) is 0 Å². The van der Waals surface area contributed by atoms with E-state index < -0.39 is 5.06 Å². The molecule has 2 aliphatic rings. The fourth-order valence-corrected chi connectivity index (χ4v) is 4.47. The van der Waals surface area contributed by atoms with Gasteiger partial charge in [0, 0.05) is 11.1 Å². The maximum atomic E-state index is 6.57. The average molecular weight is 388 g/mol. The summed E-state index contributed by atoms with van der Waals surface area (Å²) < 4.78 is 12.0. The number of hydrazone groups is 1. The molecular weight excluding hydrogens is 368 g/mol. The molecular formula is C23H20N2O2S. The van der Waals surface area contributed by atoms with Crippen molar-refractivity contribution in [1.29, 1.82) is 0 Å². The Morgan fingerprint density at radius 3 is 2.18 bits per heavy atom. The van der Waals surface area contributed by atoms with Crippen molar-refractivity contribution in [3.8, 4) is 0 Å². The highest BCUT2D eigenvalue weighted by atomic mass is 32.2. The van der Waals surface area contributed by atoms with Gasteiger partial charge in [-0.15, -0.1) is 0 Å². The Morgan fingerprint density at radius 1 is 0.929 bits per heavy atom. The van der Waals surface area contributed by atoms with Crippen LogP contribution >= 0.6 is 11.8 Å². The number of anilines is 1. The number of nitrogens with zero attached hydrogens (tertiary/aromatic N) is 2. The zero-order valence-electron chi connectivity index (χ0n) is 15.3. The molecule has 4 nitrogen and oxygen atoms in total. The van der Waals surface area contributed by atoms with Crippen LogP contribution in [0.3, 0.4) is 0 Å². The molecule has 0 amide bonds. The molecule has 0 bridgehead atoms. The molecule has 0 N–H and O–H groups in total. The molecule has 2 atom stereocenters. The largest absolute Gasteiger partial charge is 0.371 e. The molecule has 3 aromatic rings. The number of epoxide rings is 1. The summed E-state index contributed by atoms with van der Waals surface area (Å²) in [7, 11) is 0. The molecule has 3 aromatic carbocycles. The van der Waals surface area contributed by atoms with Crippen LogP contribution in [0.4, 0.5) is 5.69 Å². The van der Waals surface area contributed by atoms with Crippen LogP contribution in [0.5, 0.6) is 0 Å². The van der Waals surface area contributed by atoms with E-state index in [1.54, 1.807) is 11.8 Å². The summed E-state index contributed by atoms with van der Waals surface area (Å²) in [5.74, 6) is 0. The third kappa shape index (κ3) is 3.33. The van der Waals surface area contributed by atoms with Gasteiger partial charge in [-0.05, 0) is 23.9 Å². The van der Waals surface area contributed by atoms with Crippen molar-refractivity contribution in [3.05, 3.63) is 102 Å². The van der Waals surface area contributed by atoms with Crippen molar-refractivity contribution >= 4 is 22.5 Å². The van der Waals surface area contributed by atoms with Gasteiger partial charge in [0.1, 0.15) is 11.1 Å². The van der Waals surface area contributed by atoms with Crippen LogP contribution in [-0.4, -0.2) is 24.4 Å². The maximum absolute atomic E-state index is 6.57. The molecule has 5 rings (SSSR count). The van der Waals surface area contributed by atoms with Crippen LogP contribution in [0.15, 0.2) is 96.1 Å². The quantitative estimate of drug-likeness (QED) is 0.567. The summed E-state index contributed by atoms with van der Waals surface area (Å²) in [6, 6.07) is 30.7. The average Bonchev–Trinajstić information content (AvgIpc) is 3.53. The van der Waals surface area contributed by atoms with Crippen LogP contribution in [0.1, 0.15) is 11.1 Å². The van der Waals surface area contributed by atoms with E-state index in [0.29, 0.717) is 6.61 Å². The first-order valence-electron chi connectivity index (χ1n) is 9.34. The summed E-state index contributed by atoms with van der Waals surface area (Å²) >= 11 is 1.64. The fourth-order valence-electron chi connectivity index (χ4n) is 3.22. The molecule has 5 heteroatoms. The third-order valence-electron chi connectivity index (χ3n) is 4.73.